The molecule has 0 saturated heterocycles. The van der Waals surface area contributed by atoms with Crippen molar-refractivity contribution in [2.45, 2.75) is 25.7 Å². The molecule has 45 heavy (non-hydrogen) atoms. The first-order valence-electron chi connectivity index (χ1n) is 13.2. The topological polar surface area (TPSA) is 194 Å². The number of aromatic amines is 2. The summed E-state index contributed by atoms with van der Waals surface area (Å²) in [5.41, 5.74) is 2.46. The smallest absolute Gasteiger partial charge is 0.744 e. The molecule has 15 heteroatoms. The number of aromatic nitrogens is 4. The third-order valence-electron chi connectivity index (χ3n) is 7.39. The summed E-state index contributed by atoms with van der Waals surface area (Å²) in [5, 5.41) is 20.7. The maximum absolute atomic E-state index is 13.3. The number of amides is 1. The van der Waals surface area contributed by atoms with E-state index in [0.717, 1.165) is 22.4 Å². The van der Waals surface area contributed by atoms with Gasteiger partial charge in [-0.3, -0.25) is 14.4 Å². The van der Waals surface area contributed by atoms with Gasteiger partial charge < -0.3 is 19.6 Å². The second-order valence-electron chi connectivity index (χ2n) is 10.2. The molecule has 1 aromatic heterocycles. The molecule has 6 rings (SSSR count). The Morgan fingerprint density at radius 1 is 0.889 bits per heavy atom. The molecule has 3 aromatic rings. The minimum atomic E-state index is -4.66. The molecule has 0 radical (unpaired) electrons. The van der Waals surface area contributed by atoms with Gasteiger partial charge in [0, 0.05) is 10.8 Å². The van der Waals surface area contributed by atoms with Gasteiger partial charge in [0.1, 0.15) is 10.1 Å². The van der Waals surface area contributed by atoms with Crippen molar-refractivity contribution in [3.8, 4) is 23.0 Å². The van der Waals surface area contributed by atoms with Crippen LogP contribution in [0, 0.1) is 20.8 Å². The molecular formula is C30H23KN6O7S. The Kier molecular flexibility index (Phi) is 8.71. The van der Waals surface area contributed by atoms with Gasteiger partial charge in [-0.25, -0.2) is 8.42 Å². The van der Waals surface area contributed by atoms with Crippen molar-refractivity contribution in [2.75, 3.05) is 5.01 Å². The Morgan fingerprint density at radius 2 is 1.53 bits per heavy atom. The van der Waals surface area contributed by atoms with E-state index < -0.39 is 26.1 Å². The first-order valence-corrected chi connectivity index (χ1v) is 14.6. The van der Waals surface area contributed by atoms with Gasteiger partial charge >= 0.3 is 51.4 Å². The molecule has 0 aliphatic carbocycles. The van der Waals surface area contributed by atoms with Gasteiger partial charge in [0.05, 0.1) is 27.4 Å². The van der Waals surface area contributed by atoms with Crippen LogP contribution in [0.15, 0.2) is 74.2 Å². The second-order valence-corrected chi connectivity index (χ2v) is 11.6. The maximum atomic E-state index is 13.3. The predicted octanol–water partition coefficient (Wildman–Crippen LogP) is -1.42. The SMILES string of the molecule is Cc1ccc(N2N=c3[nH]c(=O)/c(=C\C=C\c4c(O)[nH]c5nn(-c6ccc(S(=O)(=O)[O-])cc6)c(=O)c-5c4C)c(C)c3C2=O)cc1.[K+]. The van der Waals surface area contributed by atoms with Crippen molar-refractivity contribution in [2.24, 2.45) is 5.10 Å². The van der Waals surface area contributed by atoms with E-state index in [2.05, 4.69) is 20.2 Å². The Morgan fingerprint density at radius 3 is 2.18 bits per heavy atom. The molecule has 0 saturated carbocycles. The van der Waals surface area contributed by atoms with Crippen molar-refractivity contribution in [3.63, 3.8) is 0 Å². The number of allylic oxidation sites excluding steroid dienone is 1. The molecule has 0 unspecified atom stereocenters. The van der Waals surface area contributed by atoms with Crippen LogP contribution in [-0.2, 0) is 10.1 Å². The molecule has 2 aromatic carbocycles. The fraction of sp³-hybridized carbons (Fsp3) is 0.100. The fourth-order valence-electron chi connectivity index (χ4n) is 5.06. The molecule has 0 bridgehead atoms. The van der Waals surface area contributed by atoms with Crippen LogP contribution < -0.4 is 78.2 Å². The summed E-state index contributed by atoms with van der Waals surface area (Å²) in [7, 11) is -4.66. The van der Waals surface area contributed by atoms with Crippen LogP contribution in [-0.4, -0.2) is 43.7 Å². The van der Waals surface area contributed by atoms with Crippen LogP contribution in [0.3, 0.4) is 0 Å². The number of benzene rings is 2. The van der Waals surface area contributed by atoms with Gasteiger partial charge in [-0.1, -0.05) is 23.8 Å². The molecule has 13 nitrogen and oxygen atoms in total. The maximum Gasteiger partial charge on any atom is 1.00 e. The van der Waals surface area contributed by atoms with Gasteiger partial charge in [0.25, 0.3) is 17.0 Å². The molecule has 0 spiro atoms. The number of nitrogens with one attached hydrogen (secondary N) is 2. The van der Waals surface area contributed by atoms with E-state index in [1.165, 1.54) is 35.4 Å². The first kappa shape index (κ1) is 32.4. The third kappa shape index (κ3) is 5.79. The number of carbonyl (C=O) groups is 1. The van der Waals surface area contributed by atoms with Crippen molar-refractivity contribution >= 4 is 33.9 Å². The first-order chi connectivity index (χ1) is 20.8. The quantitative estimate of drug-likeness (QED) is 0.152. The molecule has 3 aliphatic heterocycles. The summed E-state index contributed by atoms with van der Waals surface area (Å²) < 4.78 is 34.7. The van der Waals surface area contributed by atoms with Gasteiger partial charge in [0.15, 0.2) is 17.2 Å². The second kappa shape index (κ2) is 12.1. The molecule has 1 amide bonds. The number of nitrogens with zero attached hydrogens (tertiary/aromatic N) is 4. The van der Waals surface area contributed by atoms with E-state index >= 15 is 0 Å². The number of pyridine rings is 2. The molecule has 3 aliphatic rings. The number of carbonyl (C=O) groups excluding carboxylic acids is 1. The Hall–Kier alpha value is -3.96. The average molecular weight is 651 g/mol. The normalized spacial score (nSPS) is 13.4. The average Bonchev–Trinajstić information content (AvgIpc) is 3.48. The van der Waals surface area contributed by atoms with E-state index in [4.69, 9.17) is 0 Å². The molecule has 222 valence electrons. The summed E-state index contributed by atoms with van der Waals surface area (Å²) >= 11 is 0. The standard InChI is InChI=1S/C30H24N6O7S.K/c1-15-7-9-18(10-8-15)35-29(39)23-16(2)21(27(37)31-25(23)33-35)5-4-6-22-17(3)24-26(32-28(22)38)34-36(30(24)40)19-11-13-20(14-12-19)44(41,42)43;/h4-14H,1-3H3,(H,31,33,37)(H2,32,34,38)(H,41,42,43);/q;+1/p-1/b6-4+,21-5-;. The van der Waals surface area contributed by atoms with Crippen LogP contribution in [0.4, 0.5) is 5.69 Å². The molecule has 0 fully saturated rings. The van der Waals surface area contributed by atoms with E-state index in [9.17, 15) is 32.5 Å². The summed E-state index contributed by atoms with van der Waals surface area (Å²) in [6.07, 6.45) is 4.51. The summed E-state index contributed by atoms with van der Waals surface area (Å²) in [6, 6.07) is 11.9. The van der Waals surface area contributed by atoms with Gasteiger partial charge in [-0.15, -0.1) is 10.2 Å². The fourth-order valence-corrected chi connectivity index (χ4v) is 5.53. The van der Waals surface area contributed by atoms with Crippen molar-refractivity contribution in [1.82, 2.24) is 19.7 Å². The van der Waals surface area contributed by atoms with Crippen LogP contribution in [0.1, 0.15) is 32.6 Å². The Balaban J connectivity index is 0.00000400. The number of hydrogen-bond acceptors (Lipinski definition) is 9. The van der Waals surface area contributed by atoms with E-state index in [0.29, 0.717) is 16.8 Å². The summed E-state index contributed by atoms with van der Waals surface area (Å²) in [6.45, 7) is 5.20. The number of fused-ring (bicyclic) bond motifs is 2. The zero-order chi connectivity index (χ0) is 31.5. The number of aromatic hydroxyl groups is 1. The minimum Gasteiger partial charge on any atom is -0.744 e. The zero-order valence-electron chi connectivity index (χ0n) is 24.4. The largest absolute Gasteiger partial charge is 1.00 e. The summed E-state index contributed by atoms with van der Waals surface area (Å²) in [4.78, 5) is 44.3. The number of H-pyrrole nitrogens is 2. The minimum absolute atomic E-state index is 0. The van der Waals surface area contributed by atoms with Crippen LogP contribution >= 0.6 is 0 Å². The van der Waals surface area contributed by atoms with Gasteiger partial charge in [-0.2, -0.15) is 9.69 Å². The molecular weight excluding hydrogens is 628 g/mol. The zero-order valence-corrected chi connectivity index (χ0v) is 28.4. The molecule has 3 N–H and O–H groups in total. The van der Waals surface area contributed by atoms with E-state index in [1.54, 1.807) is 26.0 Å². The van der Waals surface area contributed by atoms with Crippen LogP contribution in [0.2, 0.25) is 0 Å². The number of rotatable bonds is 5. The van der Waals surface area contributed by atoms with E-state index in [1.807, 2.05) is 19.1 Å². The Labute approximate surface area is 297 Å². The predicted molar refractivity (Wildman–Crippen MR) is 159 cm³/mol. The van der Waals surface area contributed by atoms with Crippen molar-refractivity contribution in [1.29, 1.82) is 0 Å². The number of hydrogen-bond donors (Lipinski definition) is 3. The van der Waals surface area contributed by atoms with Crippen molar-refractivity contribution in [3.05, 3.63) is 114 Å². The van der Waals surface area contributed by atoms with Gasteiger partial charge in [0.2, 0.25) is 0 Å². The molecule has 0 atom stereocenters. The third-order valence-corrected chi connectivity index (χ3v) is 8.24. The number of aryl methyl sites for hydroxylation is 1. The Bertz CT molecular complexity index is 2360. The summed E-state index contributed by atoms with van der Waals surface area (Å²) in [5.74, 6) is -0.591. The van der Waals surface area contributed by atoms with Crippen LogP contribution in [0.5, 0.6) is 5.88 Å². The van der Waals surface area contributed by atoms with Gasteiger partial charge in [-0.05, 0) is 80.4 Å². The van der Waals surface area contributed by atoms with Crippen LogP contribution in [0.25, 0.3) is 29.2 Å². The van der Waals surface area contributed by atoms with E-state index in [-0.39, 0.29) is 102 Å². The van der Waals surface area contributed by atoms with Crippen molar-refractivity contribution < 1.29 is 74.3 Å². The monoisotopic (exact) mass is 650 g/mol. The molecule has 4 heterocycles. The number of anilines is 1.